The summed E-state index contributed by atoms with van der Waals surface area (Å²) in [5, 5.41) is 9.02. The minimum absolute atomic E-state index is 0.0386. The van der Waals surface area contributed by atoms with E-state index < -0.39 is 0 Å². The first-order chi connectivity index (χ1) is 13.8. The number of hydrogen-bond donors (Lipinski definition) is 3. The summed E-state index contributed by atoms with van der Waals surface area (Å²) in [5.41, 5.74) is 1.42. The van der Waals surface area contributed by atoms with E-state index in [1.165, 1.54) is 14.2 Å². The van der Waals surface area contributed by atoms with Crippen molar-refractivity contribution in [2.24, 2.45) is 5.92 Å². The van der Waals surface area contributed by atoms with Gasteiger partial charge < -0.3 is 25.4 Å². The van der Waals surface area contributed by atoms with Crippen molar-refractivity contribution in [3.8, 4) is 11.5 Å². The van der Waals surface area contributed by atoms with Crippen LogP contribution in [0.4, 0.5) is 11.4 Å². The van der Waals surface area contributed by atoms with Crippen LogP contribution in [-0.2, 0) is 4.79 Å². The van der Waals surface area contributed by atoms with Crippen LogP contribution in [0.2, 0.25) is 5.02 Å². The van der Waals surface area contributed by atoms with Gasteiger partial charge in [0.2, 0.25) is 5.91 Å². The molecule has 29 heavy (non-hydrogen) atoms. The summed E-state index contributed by atoms with van der Waals surface area (Å²) in [7, 11) is 3.01. The Bertz CT molecular complexity index is 871. The van der Waals surface area contributed by atoms with E-state index in [0.717, 1.165) is 0 Å². The van der Waals surface area contributed by atoms with Gasteiger partial charge in [0.25, 0.3) is 5.91 Å². The van der Waals surface area contributed by atoms with Crippen molar-refractivity contribution in [3.63, 3.8) is 0 Å². The van der Waals surface area contributed by atoms with Gasteiger partial charge in [0.1, 0.15) is 11.5 Å². The van der Waals surface area contributed by atoms with E-state index in [1.54, 1.807) is 36.4 Å². The summed E-state index contributed by atoms with van der Waals surface area (Å²) in [4.78, 5) is 24.8. The highest BCUT2D eigenvalue weighted by Crippen LogP contribution is 2.35. The molecule has 7 nitrogen and oxygen atoms in total. The Morgan fingerprint density at radius 3 is 2.38 bits per heavy atom. The number of para-hydroxylation sites is 1. The molecule has 0 aliphatic carbocycles. The molecule has 3 N–H and O–H groups in total. The Kier molecular flexibility index (Phi) is 8.15. The van der Waals surface area contributed by atoms with Crippen LogP contribution in [0.15, 0.2) is 36.4 Å². The standard InChI is InChI=1S/C21H26ClN3O4/c1-13(2)11-24-21(27)14-7-5-6-8-16(14)25-20(26)12-23-17-10-18(28-3)15(22)9-19(17)29-4/h5-10,13,23H,11-12H2,1-4H3,(H,24,27)(H,25,26). The lowest BCUT2D eigenvalue weighted by Crippen LogP contribution is -2.29. The SMILES string of the molecule is COc1cc(NCC(=O)Nc2ccccc2C(=O)NCC(C)C)c(OC)cc1Cl. The van der Waals surface area contributed by atoms with E-state index >= 15 is 0 Å². The molecule has 0 bridgehead atoms. The number of carbonyl (C=O) groups is 2. The second-order valence-electron chi connectivity index (χ2n) is 6.74. The average molecular weight is 420 g/mol. The summed E-state index contributed by atoms with van der Waals surface area (Å²) in [6.07, 6.45) is 0. The maximum Gasteiger partial charge on any atom is 0.253 e. The number of anilines is 2. The summed E-state index contributed by atoms with van der Waals surface area (Å²) in [6.45, 7) is 4.54. The second kappa shape index (κ2) is 10.6. The molecule has 0 spiro atoms. The monoisotopic (exact) mass is 419 g/mol. The number of nitrogens with one attached hydrogen (secondary N) is 3. The van der Waals surface area contributed by atoms with Crippen LogP contribution in [0.3, 0.4) is 0 Å². The highest BCUT2D eigenvalue weighted by molar-refractivity contribution is 6.32. The Balaban J connectivity index is 2.06. The molecule has 0 saturated carbocycles. The van der Waals surface area contributed by atoms with E-state index in [9.17, 15) is 9.59 Å². The van der Waals surface area contributed by atoms with Crippen LogP contribution < -0.4 is 25.4 Å². The third-order valence-electron chi connectivity index (χ3n) is 4.03. The molecule has 0 fully saturated rings. The van der Waals surface area contributed by atoms with E-state index in [4.69, 9.17) is 21.1 Å². The second-order valence-corrected chi connectivity index (χ2v) is 7.15. The first-order valence-electron chi connectivity index (χ1n) is 9.18. The Hall–Kier alpha value is -2.93. The van der Waals surface area contributed by atoms with Crippen molar-refractivity contribution in [3.05, 3.63) is 47.0 Å². The van der Waals surface area contributed by atoms with Gasteiger partial charge in [-0.1, -0.05) is 37.6 Å². The highest BCUT2D eigenvalue weighted by Gasteiger charge is 2.15. The summed E-state index contributed by atoms with van der Waals surface area (Å²) >= 11 is 6.09. The summed E-state index contributed by atoms with van der Waals surface area (Å²) in [5.74, 6) is 0.729. The van der Waals surface area contributed by atoms with Crippen LogP contribution in [-0.4, -0.2) is 39.1 Å². The number of methoxy groups -OCH3 is 2. The molecular formula is C21H26ClN3O4. The van der Waals surface area contributed by atoms with Gasteiger partial charge in [-0.15, -0.1) is 0 Å². The smallest absolute Gasteiger partial charge is 0.253 e. The lowest BCUT2D eigenvalue weighted by molar-refractivity contribution is -0.114. The van der Waals surface area contributed by atoms with Crippen molar-refractivity contribution in [1.82, 2.24) is 5.32 Å². The molecule has 0 heterocycles. The number of halogens is 1. The van der Waals surface area contributed by atoms with Crippen LogP contribution >= 0.6 is 11.6 Å². The van der Waals surface area contributed by atoms with Crippen molar-refractivity contribution in [2.45, 2.75) is 13.8 Å². The third-order valence-corrected chi connectivity index (χ3v) is 4.33. The Labute approximate surface area is 175 Å². The van der Waals surface area contributed by atoms with E-state index in [0.29, 0.717) is 45.9 Å². The van der Waals surface area contributed by atoms with Crippen molar-refractivity contribution in [2.75, 3.05) is 37.9 Å². The topological polar surface area (TPSA) is 88.7 Å². The predicted molar refractivity (Wildman–Crippen MR) is 115 cm³/mol. The van der Waals surface area contributed by atoms with Crippen molar-refractivity contribution < 1.29 is 19.1 Å². The fourth-order valence-electron chi connectivity index (χ4n) is 2.55. The third kappa shape index (κ3) is 6.29. The molecule has 0 aliphatic rings. The van der Waals surface area contributed by atoms with Gasteiger partial charge in [-0.05, 0) is 18.1 Å². The molecule has 0 saturated heterocycles. The number of carbonyl (C=O) groups excluding carboxylic acids is 2. The number of ether oxygens (including phenoxy) is 2. The molecule has 0 radical (unpaired) electrons. The molecule has 2 aromatic carbocycles. The molecule has 0 atom stereocenters. The fourth-order valence-corrected chi connectivity index (χ4v) is 2.78. The lowest BCUT2D eigenvalue weighted by Gasteiger charge is -2.15. The Morgan fingerprint density at radius 1 is 1.03 bits per heavy atom. The van der Waals surface area contributed by atoms with Crippen LogP contribution in [0.25, 0.3) is 0 Å². The number of hydrogen-bond acceptors (Lipinski definition) is 5. The minimum Gasteiger partial charge on any atom is -0.495 e. The molecular weight excluding hydrogens is 394 g/mol. The first kappa shape index (κ1) is 22.4. The average Bonchev–Trinajstić information content (AvgIpc) is 2.71. The summed E-state index contributed by atoms with van der Waals surface area (Å²) in [6, 6.07) is 10.1. The van der Waals surface area contributed by atoms with Crippen molar-refractivity contribution in [1.29, 1.82) is 0 Å². The number of benzene rings is 2. The highest BCUT2D eigenvalue weighted by atomic mass is 35.5. The number of amides is 2. The summed E-state index contributed by atoms with van der Waals surface area (Å²) < 4.78 is 10.5. The van der Waals surface area contributed by atoms with Gasteiger partial charge in [-0.2, -0.15) is 0 Å². The first-order valence-corrected chi connectivity index (χ1v) is 9.56. The largest absolute Gasteiger partial charge is 0.495 e. The van der Waals surface area contributed by atoms with Crippen molar-refractivity contribution >= 4 is 34.8 Å². The molecule has 156 valence electrons. The van der Waals surface area contributed by atoms with Crippen LogP contribution in [0, 0.1) is 5.92 Å². The quantitative estimate of drug-likeness (QED) is 0.575. The normalized spacial score (nSPS) is 10.4. The lowest BCUT2D eigenvalue weighted by atomic mass is 10.1. The van der Waals surface area contributed by atoms with Crippen LogP contribution in [0.1, 0.15) is 24.2 Å². The fraction of sp³-hybridized carbons (Fsp3) is 0.333. The molecule has 0 aliphatic heterocycles. The predicted octanol–water partition coefficient (Wildman–Crippen LogP) is 3.79. The van der Waals surface area contributed by atoms with Gasteiger partial charge in [0, 0.05) is 18.7 Å². The minimum atomic E-state index is -0.315. The Morgan fingerprint density at radius 2 is 1.72 bits per heavy atom. The van der Waals surface area contributed by atoms with Gasteiger partial charge in [-0.25, -0.2) is 0 Å². The molecule has 2 amide bonds. The maximum absolute atomic E-state index is 12.4. The zero-order valence-electron chi connectivity index (χ0n) is 17.0. The molecule has 8 heteroatoms. The van der Waals surface area contributed by atoms with Gasteiger partial charge in [0.05, 0.1) is 42.7 Å². The molecule has 2 aromatic rings. The maximum atomic E-state index is 12.4. The van der Waals surface area contributed by atoms with Gasteiger partial charge in [0.15, 0.2) is 0 Å². The van der Waals surface area contributed by atoms with Crippen LogP contribution in [0.5, 0.6) is 11.5 Å². The molecule has 0 unspecified atom stereocenters. The zero-order chi connectivity index (χ0) is 21.4. The zero-order valence-corrected chi connectivity index (χ0v) is 17.7. The van der Waals surface area contributed by atoms with Gasteiger partial charge >= 0.3 is 0 Å². The van der Waals surface area contributed by atoms with E-state index in [-0.39, 0.29) is 18.4 Å². The number of rotatable bonds is 9. The molecule has 0 aromatic heterocycles. The van der Waals surface area contributed by atoms with E-state index in [1.807, 2.05) is 13.8 Å². The molecule has 2 rings (SSSR count). The van der Waals surface area contributed by atoms with E-state index in [2.05, 4.69) is 16.0 Å². The van der Waals surface area contributed by atoms with Gasteiger partial charge in [-0.3, -0.25) is 9.59 Å².